The van der Waals surface area contributed by atoms with Gasteiger partial charge in [0.1, 0.15) is 0 Å². The average molecular weight is 307 g/mol. The molecule has 0 saturated heterocycles. The lowest BCUT2D eigenvalue weighted by Crippen LogP contribution is -2.51. The predicted molar refractivity (Wildman–Crippen MR) is 78.2 cm³/mol. The van der Waals surface area contributed by atoms with Crippen LogP contribution in [-0.2, 0) is 14.8 Å². The number of nitrogens with one attached hydrogen (secondary N) is 2. The molecule has 0 unspecified atom stereocenters. The molecular weight excluding hydrogens is 286 g/mol. The lowest BCUT2D eigenvalue weighted by Gasteiger charge is -2.34. The molecule has 0 spiro atoms. The van der Waals surface area contributed by atoms with Gasteiger partial charge in [0, 0.05) is 13.1 Å². The van der Waals surface area contributed by atoms with Crippen molar-refractivity contribution in [3.05, 3.63) is 0 Å². The maximum atomic E-state index is 12.2. The summed E-state index contributed by atoms with van der Waals surface area (Å²) >= 11 is 5.05. The molecule has 1 fully saturated rings. The van der Waals surface area contributed by atoms with E-state index >= 15 is 0 Å². The largest absolute Gasteiger partial charge is 0.392 e. The minimum Gasteiger partial charge on any atom is -0.392 e. The molecule has 8 heteroatoms. The predicted octanol–water partition coefficient (Wildman–Crippen LogP) is -0.112. The molecule has 0 aromatic rings. The van der Waals surface area contributed by atoms with E-state index in [9.17, 15) is 13.2 Å². The van der Waals surface area contributed by atoms with Gasteiger partial charge in [-0.3, -0.25) is 4.79 Å². The zero-order valence-corrected chi connectivity index (χ0v) is 12.7. The van der Waals surface area contributed by atoms with Crippen LogP contribution in [0.5, 0.6) is 0 Å². The summed E-state index contributed by atoms with van der Waals surface area (Å²) in [6.45, 7) is 0.397. The smallest absolute Gasteiger partial charge is 0.233 e. The molecule has 0 aromatic heterocycles. The van der Waals surface area contributed by atoms with Gasteiger partial charge in [0.15, 0.2) is 0 Å². The van der Waals surface area contributed by atoms with Gasteiger partial charge in [-0.25, -0.2) is 13.1 Å². The molecule has 1 rings (SSSR count). The molecule has 6 nitrogen and oxygen atoms in total. The van der Waals surface area contributed by atoms with Crippen LogP contribution in [0.2, 0.25) is 0 Å². The quantitative estimate of drug-likeness (QED) is 0.469. The Labute approximate surface area is 119 Å². The Hall–Kier alpha value is -0.730. The van der Waals surface area contributed by atoms with Gasteiger partial charge < -0.3 is 11.1 Å². The number of hydrogen-bond donors (Lipinski definition) is 3. The number of hydrogen-bond acceptors (Lipinski definition) is 4. The van der Waals surface area contributed by atoms with Crippen LogP contribution in [0.15, 0.2) is 0 Å². The third kappa shape index (κ3) is 4.70. The van der Waals surface area contributed by atoms with Crippen LogP contribution >= 0.6 is 12.2 Å². The molecule has 0 bridgehead atoms. The maximum Gasteiger partial charge on any atom is 0.233 e. The van der Waals surface area contributed by atoms with Crippen molar-refractivity contribution in [1.82, 2.24) is 10.0 Å². The van der Waals surface area contributed by atoms with Crippen LogP contribution in [0.1, 0.15) is 32.1 Å². The fourth-order valence-corrected chi connectivity index (χ4v) is 3.09. The summed E-state index contributed by atoms with van der Waals surface area (Å²) in [7, 11) is -3.23. The molecule has 0 radical (unpaired) electrons. The number of carbonyl (C=O) groups is 1. The zero-order valence-electron chi connectivity index (χ0n) is 11.1. The highest BCUT2D eigenvalue weighted by Gasteiger charge is 2.42. The monoisotopic (exact) mass is 307 g/mol. The highest BCUT2D eigenvalue weighted by molar-refractivity contribution is 7.88. The van der Waals surface area contributed by atoms with Crippen LogP contribution < -0.4 is 15.8 Å². The Kier molecular flexibility index (Phi) is 5.69. The van der Waals surface area contributed by atoms with Crippen molar-refractivity contribution in [2.45, 2.75) is 32.1 Å². The topological polar surface area (TPSA) is 101 Å². The van der Waals surface area contributed by atoms with E-state index in [4.69, 9.17) is 18.0 Å². The fraction of sp³-hybridized carbons (Fsp3) is 0.818. The first-order valence-corrected chi connectivity index (χ1v) is 8.61. The molecule has 0 heterocycles. The lowest BCUT2D eigenvalue weighted by atomic mass is 9.73. The molecule has 1 amide bonds. The van der Waals surface area contributed by atoms with Crippen molar-refractivity contribution < 1.29 is 13.2 Å². The normalized spacial score (nSPS) is 18.8. The highest BCUT2D eigenvalue weighted by Crippen LogP contribution is 2.36. The zero-order chi connectivity index (χ0) is 14.5. The van der Waals surface area contributed by atoms with Crippen molar-refractivity contribution in [3.8, 4) is 0 Å². The maximum absolute atomic E-state index is 12.2. The standard InChI is InChI=1S/C11H21N3O3S2/c1-19(16,17)14-8-7-13-10(15)11(9(12)18)5-3-2-4-6-11/h14H,2-8H2,1H3,(H2,12,18)(H,13,15). The first-order chi connectivity index (χ1) is 8.78. The summed E-state index contributed by atoms with van der Waals surface area (Å²) in [4.78, 5) is 12.5. The number of rotatable bonds is 6. The number of sulfonamides is 1. The minimum atomic E-state index is -3.23. The van der Waals surface area contributed by atoms with E-state index in [0.717, 1.165) is 25.5 Å². The first kappa shape index (κ1) is 16.3. The van der Waals surface area contributed by atoms with E-state index < -0.39 is 15.4 Å². The van der Waals surface area contributed by atoms with Gasteiger partial charge in [-0.2, -0.15) is 0 Å². The van der Waals surface area contributed by atoms with Gasteiger partial charge in [0.05, 0.1) is 16.7 Å². The van der Waals surface area contributed by atoms with Crippen molar-refractivity contribution in [1.29, 1.82) is 0 Å². The second-order valence-corrected chi connectivity index (χ2v) is 7.20. The minimum absolute atomic E-state index is 0.165. The highest BCUT2D eigenvalue weighted by atomic mass is 32.2. The number of amides is 1. The summed E-state index contributed by atoms with van der Waals surface area (Å²) in [5.41, 5.74) is 4.98. The Morgan fingerprint density at radius 1 is 1.26 bits per heavy atom. The molecule has 1 aliphatic carbocycles. The third-order valence-electron chi connectivity index (χ3n) is 3.39. The van der Waals surface area contributed by atoms with E-state index in [1.807, 2.05) is 0 Å². The number of nitrogens with two attached hydrogens (primary N) is 1. The summed E-state index contributed by atoms with van der Waals surface area (Å²) in [6.07, 6.45) is 5.39. The van der Waals surface area contributed by atoms with Crippen LogP contribution in [0.25, 0.3) is 0 Å². The number of carbonyl (C=O) groups excluding carboxylic acids is 1. The molecule has 4 N–H and O–H groups in total. The molecule has 19 heavy (non-hydrogen) atoms. The van der Waals surface area contributed by atoms with E-state index in [2.05, 4.69) is 10.0 Å². The molecule has 1 saturated carbocycles. The van der Waals surface area contributed by atoms with Gasteiger partial charge in [0.25, 0.3) is 0 Å². The Morgan fingerprint density at radius 3 is 2.32 bits per heavy atom. The molecule has 0 atom stereocenters. The van der Waals surface area contributed by atoms with Crippen molar-refractivity contribution in [2.24, 2.45) is 11.1 Å². The van der Waals surface area contributed by atoms with Crippen LogP contribution in [0.3, 0.4) is 0 Å². The van der Waals surface area contributed by atoms with Gasteiger partial charge >= 0.3 is 0 Å². The summed E-state index contributed by atoms with van der Waals surface area (Å²) in [5, 5.41) is 2.71. The van der Waals surface area contributed by atoms with Gasteiger partial charge in [-0.15, -0.1) is 0 Å². The van der Waals surface area contributed by atoms with Gasteiger partial charge in [0.2, 0.25) is 15.9 Å². The average Bonchev–Trinajstić information content (AvgIpc) is 2.33. The lowest BCUT2D eigenvalue weighted by molar-refractivity contribution is -0.128. The SMILES string of the molecule is CS(=O)(=O)NCCNC(=O)C1(C(N)=S)CCCCC1. The summed E-state index contributed by atoms with van der Waals surface area (Å²) < 4.78 is 24.1. The van der Waals surface area contributed by atoms with Crippen molar-refractivity contribution >= 4 is 33.1 Å². The van der Waals surface area contributed by atoms with E-state index in [1.165, 1.54) is 0 Å². The van der Waals surface area contributed by atoms with Gasteiger partial charge in [-0.1, -0.05) is 31.5 Å². The first-order valence-electron chi connectivity index (χ1n) is 6.31. The molecule has 1 aliphatic rings. The molecule has 0 aromatic carbocycles. The van der Waals surface area contributed by atoms with Crippen LogP contribution in [-0.4, -0.2) is 38.7 Å². The molecule has 0 aliphatic heterocycles. The molecule has 110 valence electrons. The van der Waals surface area contributed by atoms with E-state index in [-0.39, 0.29) is 24.0 Å². The van der Waals surface area contributed by atoms with E-state index in [0.29, 0.717) is 12.8 Å². The molecular formula is C11H21N3O3S2. The second kappa shape index (κ2) is 6.62. The summed E-state index contributed by atoms with van der Waals surface area (Å²) in [6, 6.07) is 0. The summed E-state index contributed by atoms with van der Waals surface area (Å²) in [5.74, 6) is -0.185. The fourth-order valence-electron chi connectivity index (χ4n) is 2.32. The van der Waals surface area contributed by atoms with Crippen LogP contribution in [0, 0.1) is 5.41 Å². The second-order valence-electron chi connectivity index (χ2n) is 4.93. The Morgan fingerprint density at radius 2 is 1.84 bits per heavy atom. The van der Waals surface area contributed by atoms with Gasteiger partial charge in [-0.05, 0) is 12.8 Å². The van der Waals surface area contributed by atoms with E-state index in [1.54, 1.807) is 0 Å². The van der Waals surface area contributed by atoms with Crippen LogP contribution in [0.4, 0.5) is 0 Å². The van der Waals surface area contributed by atoms with Crippen molar-refractivity contribution in [3.63, 3.8) is 0 Å². The Balaban J connectivity index is 2.52. The number of thiocarbonyl (C=S) groups is 1. The third-order valence-corrected chi connectivity index (χ3v) is 4.51. The Bertz CT molecular complexity index is 442. The van der Waals surface area contributed by atoms with Crippen molar-refractivity contribution in [2.75, 3.05) is 19.3 Å².